The molecule has 4 nitrogen and oxygen atoms in total. The number of anilines is 1. The molecule has 0 aliphatic rings. The fraction of sp³-hybridized carbons (Fsp3) is 0.300. The van der Waals surface area contributed by atoms with Gasteiger partial charge in [-0.1, -0.05) is 87.5 Å². The summed E-state index contributed by atoms with van der Waals surface area (Å²) in [5.41, 5.74) is 4.04. The van der Waals surface area contributed by atoms with Crippen molar-refractivity contribution in [2.45, 2.75) is 53.2 Å². The van der Waals surface area contributed by atoms with Crippen molar-refractivity contribution in [3.63, 3.8) is 0 Å². The number of aromatic nitrogens is 2. The van der Waals surface area contributed by atoms with Crippen molar-refractivity contribution in [3.8, 4) is 5.75 Å². The number of hydrogen-bond donors (Lipinski definition) is 1. The van der Waals surface area contributed by atoms with Crippen LogP contribution in [0.3, 0.4) is 0 Å². The Bertz CT molecular complexity index is 1250. The molecule has 0 radical (unpaired) electrons. The second-order valence-corrected chi connectivity index (χ2v) is 10.7. The lowest BCUT2D eigenvalue weighted by molar-refractivity contribution is 0.301. The van der Waals surface area contributed by atoms with Gasteiger partial charge in [-0.15, -0.1) is 0 Å². The molecule has 34 heavy (non-hydrogen) atoms. The first-order valence-electron chi connectivity index (χ1n) is 11.9. The zero-order valence-corrected chi connectivity index (χ0v) is 20.9. The highest BCUT2D eigenvalue weighted by Crippen LogP contribution is 2.33. The van der Waals surface area contributed by atoms with Crippen LogP contribution in [0.15, 0.2) is 79.0 Å². The van der Waals surface area contributed by atoms with E-state index in [0.717, 1.165) is 40.5 Å². The Balaban J connectivity index is 1.73. The fourth-order valence-corrected chi connectivity index (χ4v) is 4.58. The van der Waals surface area contributed by atoms with Crippen LogP contribution in [0, 0.1) is 5.41 Å². The summed E-state index contributed by atoms with van der Waals surface area (Å²) < 4.78 is 8.32. The fourth-order valence-electron chi connectivity index (χ4n) is 4.58. The lowest BCUT2D eigenvalue weighted by Crippen LogP contribution is -2.36. The van der Waals surface area contributed by atoms with Crippen LogP contribution in [0.5, 0.6) is 5.75 Å². The highest BCUT2D eigenvalue weighted by Gasteiger charge is 2.27. The Morgan fingerprint density at radius 3 is 2.21 bits per heavy atom. The van der Waals surface area contributed by atoms with Gasteiger partial charge in [-0.3, -0.25) is 4.40 Å². The van der Waals surface area contributed by atoms with Crippen LogP contribution in [-0.4, -0.2) is 14.9 Å². The molecule has 1 N–H and O–H groups in total. The molecule has 4 heteroatoms. The van der Waals surface area contributed by atoms with Crippen molar-refractivity contribution >= 4 is 23.6 Å². The standard InChI is InChI=1S/C30H35N3O/c1-29(2,3)22-30(4,5)32-27-25(19-18-23-13-8-6-9-14-23)31-28-26(17-12-20-33(27)28)34-21-24-15-10-7-11-16-24/h6-20,32H,21-22H2,1-5H3. The number of nitrogens with one attached hydrogen (secondary N) is 1. The summed E-state index contributed by atoms with van der Waals surface area (Å²) in [6.07, 6.45) is 7.25. The lowest BCUT2D eigenvalue weighted by atomic mass is 9.82. The number of ether oxygens (including phenoxy) is 1. The monoisotopic (exact) mass is 453 g/mol. The van der Waals surface area contributed by atoms with Crippen molar-refractivity contribution in [2.75, 3.05) is 5.32 Å². The van der Waals surface area contributed by atoms with Gasteiger partial charge in [0.2, 0.25) is 0 Å². The number of hydrogen-bond acceptors (Lipinski definition) is 3. The average molecular weight is 454 g/mol. The molecule has 2 aromatic heterocycles. The predicted octanol–water partition coefficient (Wildman–Crippen LogP) is 7.71. The third-order valence-corrected chi connectivity index (χ3v) is 5.54. The average Bonchev–Trinajstić information content (AvgIpc) is 3.13. The highest BCUT2D eigenvalue weighted by atomic mass is 16.5. The molecule has 0 aliphatic heterocycles. The zero-order chi connectivity index (χ0) is 24.2. The molecular formula is C30H35N3O. The molecule has 0 spiro atoms. The van der Waals surface area contributed by atoms with E-state index in [1.165, 1.54) is 0 Å². The quantitative estimate of drug-likeness (QED) is 0.297. The van der Waals surface area contributed by atoms with Crippen molar-refractivity contribution in [1.29, 1.82) is 0 Å². The predicted molar refractivity (Wildman–Crippen MR) is 143 cm³/mol. The van der Waals surface area contributed by atoms with Gasteiger partial charge in [-0.25, -0.2) is 4.98 Å². The van der Waals surface area contributed by atoms with Crippen molar-refractivity contribution in [1.82, 2.24) is 9.38 Å². The van der Waals surface area contributed by atoms with Gasteiger partial charge in [-0.05, 0) is 55.0 Å². The summed E-state index contributed by atoms with van der Waals surface area (Å²) in [5, 5.41) is 3.80. The highest BCUT2D eigenvalue weighted by molar-refractivity contribution is 5.77. The maximum Gasteiger partial charge on any atom is 0.181 e. The van der Waals surface area contributed by atoms with Gasteiger partial charge in [0.05, 0.1) is 0 Å². The first kappa shape index (κ1) is 23.6. The van der Waals surface area contributed by atoms with Gasteiger partial charge in [0.15, 0.2) is 11.4 Å². The van der Waals surface area contributed by atoms with E-state index in [2.05, 4.69) is 80.8 Å². The number of nitrogens with zero attached hydrogens (tertiary/aromatic N) is 2. The molecule has 0 fully saturated rings. The Hall–Kier alpha value is -3.53. The molecular weight excluding hydrogens is 418 g/mol. The van der Waals surface area contributed by atoms with Crippen LogP contribution in [0.25, 0.3) is 17.8 Å². The van der Waals surface area contributed by atoms with E-state index in [1.807, 2.05) is 54.7 Å². The molecule has 2 heterocycles. The van der Waals surface area contributed by atoms with Gasteiger partial charge in [0, 0.05) is 11.7 Å². The SMILES string of the molecule is CC(C)(C)CC(C)(C)Nc1c(C=Cc2ccccc2)nc2c(OCc3ccccc3)cccn12. The molecule has 4 aromatic rings. The van der Waals surface area contributed by atoms with Gasteiger partial charge >= 0.3 is 0 Å². The minimum atomic E-state index is -0.121. The van der Waals surface area contributed by atoms with E-state index in [4.69, 9.17) is 9.72 Å². The smallest absolute Gasteiger partial charge is 0.181 e. The summed E-state index contributed by atoms with van der Waals surface area (Å²) in [4.78, 5) is 5.01. The van der Waals surface area contributed by atoms with Crippen LogP contribution >= 0.6 is 0 Å². The summed E-state index contributed by atoms with van der Waals surface area (Å²) in [5.74, 6) is 1.74. The lowest BCUT2D eigenvalue weighted by Gasteiger charge is -2.34. The third kappa shape index (κ3) is 6.07. The number of benzene rings is 2. The molecule has 0 bridgehead atoms. The van der Waals surface area contributed by atoms with Gasteiger partial charge in [0.1, 0.15) is 18.1 Å². The Labute approximate surface area is 203 Å². The van der Waals surface area contributed by atoms with E-state index in [0.29, 0.717) is 6.61 Å². The van der Waals surface area contributed by atoms with Crippen LogP contribution in [0.1, 0.15) is 57.9 Å². The van der Waals surface area contributed by atoms with Crippen LogP contribution < -0.4 is 10.1 Å². The zero-order valence-electron chi connectivity index (χ0n) is 20.9. The minimum absolute atomic E-state index is 0.121. The Morgan fingerprint density at radius 2 is 1.53 bits per heavy atom. The van der Waals surface area contributed by atoms with Gasteiger partial charge in [-0.2, -0.15) is 0 Å². The number of pyridine rings is 1. The molecule has 2 aromatic carbocycles. The molecule has 0 atom stereocenters. The Morgan fingerprint density at radius 1 is 0.853 bits per heavy atom. The summed E-state index contributed by atoms with van der Waals surface area (Å²) in [6.45, 7) is 11.8. The van der Waals surface area contributed by atoms with E-state index in [9.17, 15) is 0 Å². The first-order valence-corrected chi connectivity index (χ1v) is 11.9. The maximum atomic E-state index is 6.21. The summed E-state index contributed by atoms with van der Waals surface area (Å²) in [6, 6.07) is 24.5. The number of rotatable bonds is 8. The molecule has 4 rings (SSSR count). The minimum Gasteiger partial charge on any atom is -0.485 e. The van der Waals surface area contributed by atoms with E-state index < -0.39 is 0 Å². The van der Waals surface area contributed by atoms with E-state index in [-0.39, 0.29) is 11.0 Å². The van der Waals surface area contributed by atoms with Crippen molar-refractivity contribution in [3.05, 3.63) is 95.8 Å². The second kappa shape index (κ2) is 9.76. The van der Waals surface area contributed by atoms with Crippen LogP contribution in [-0.2, 0) is 6.61 Å². The topological polar surface area (TPSA) is 38.6 Å². The van der Waals surface area contributed by atoms with E-state index >= 15 is 0 Å². The number of fused-ring (bicyclic) bond motifs is 1. The largest absolute Gasteiger partial charge is 0.485 e. The molecule has 0 saturated carbocycles. The first-order chi connectivity index (χ1) is 16.2. The third-order valence-electron chi connectivity index (χ3n) is 5.54. The molecule has 0 unspecified atom stereocenters. The second-order valence-electron chi connectivity index (χ2n) is 10.7. The molecule has 0 saturated heterocycles. The van der Waals surface area contributed by atoms with Crippen LogP contribution in [0.2, 0.25) is 0 Å². The summed E-state index contributed by atoms with van der Waals surface area (Å²) in [7, 11) is 0. The molecule has 0 aliphatic carbocycles. The van der Waals surface area contributed by atoms with Crippen molar-refractivity contribution < 1.29 is 4.74 Å². The van der Waals surface area contributed by atoms with Gasteiger partial charge < -0.3 is 10.1 Å². The van der Waals surface area contributed by atoms with Gasteiger partial charge in [0.25, 0.3) is 0 Å². The van der Waals surface area contributed by atoms with E-state index in [1.54, 1.807) is 0 Å². The molecule has 176 valence electrons. The van der Waals surface area contributed by atoms with Crippen LogP contribution in [0.4, 0.5) is 5.82 Å². The molecule has 0 amide bonds. The van der Waals surface area contributed by atoms with Crippen molar-refractivity contribution in [2.24, 2.45) is 5.41 Å². The number of imidazole rings is 1. The normalized spacial score (nSPS) is 12.4. The maximum absolute atomic E-state index is 6.21. The summed E-state index contributed by atoms with van der Waals surface area (Å²) >= 11 is 0. The Kier molecular flexibility index (Phi) is 6.78.